The van der Waals surface area contributed by atoms with Gasteiger partial charge in [-0.15, -0.1) is 10.2 Å². The van der Waals surface area contributed by atoms with Gasteiger partial charge in [-0.05, 0) is 48.0 Å². The average Bonchev–Trinajstić information content (AvgIpc) is 3.51. The summed E-state index contributed by atoms with van der Waals surface area (Å²) >= 11 is 0. The number of alkyl halides is 5. The summed E-state index contributed by atoms with van der Waals surface area (Å²) in [6.07, 6.45) is -7.38. The summed E-state index contributed by atoms with van der Waals surface area (Å²) in [5.41, 5.74) is 4.93. The fourth-order valence-corrected chi connectivity index (χ4v) is 3.77. The van der Waals surface area contributed by atoms with Gasteiger partial charge in [0.15, 0.2) is 0 Å². The van der Waals surface area contributed by atoms with Crippen molar-refractivity contribution in [3.8, 4) is 17.5 Å². The largest absolute Gasteiger partial charge is 0.416 e. The zero-order chi connectivity index (χ0) is 29.2. The quantitative estimate of drug-likeness (QED) is 0.313. The Hall–Kier alpha value is -5.20. The molecule has 0 bridgehead atoms. The molecule has 0 aliphatic heterocycles. The highest BCUT2D eigenvalue weighted by Crippen LogP contribution is 2.30. The molecule has 206 valence electrons. The van der Waals surface area contributed by atoms with Crippen LogP contribution in [0.4, 0.5) is 27.6 Å². The van der Waals surface area contributed by atoms with Gasteiger partial charge in [-0.3, -0.25) is 14.3 Å². The molecule has 0 aliphatic carbocycles. The Labute approximate surface area is 222 Å². The summed E-state index contributed by atoms with van der Waals surface area (Å²) in [5.74, 6) is -1.79. The van der Waals surface area contributed by atoms with Crippen molar-refractivity contribution in [3.63, 3.8) is 0 Å². The predicted octanol–water partition coefficient (Wildman–Crippen LogP) is 3.40. The summed E-state index contributed by atoms with van der Waals surface area (Å²) in [4.78, 5) is 26.0. The van der Waals surface area contributed by atoms with Gasteiger partial charge in [-0.25, -0.2) is 8.78 Å². The predicted molar refractivity (Wildman–Crippen MR) is 128 cm³/mol. The number of hydrogen-bond acceptors (Lipinski definition) is 7. The van der Waals surface area contributed by atoms with E-state index >= 15 is 0 Å². The number of carbonyl (C=O) groups excluding carboxylic acids is 2. The number of carbonyl (C=O) groups is 2. The van der Waals surface area contributed by atoms with E-state index in [1.807, 2.05) is 6.07 Å². The number of nitrogens with two attached hydrogens (primary N) is 1. The van der Waals surface area contributed by atoms with Gasteiger partial charge in [0, 0.05) is 5.56 Å². The molecule has 4 aromatic rings. The summed E-state index contributed by atoms with van der Waals surface area (Å²) in [7, 11) is 0. The molecule has 0 saturated heterocycles. The van der Waals surface area contributed by atoms with Crippen LogP contribution in [0.1, 0.15) is 43.2 Å². The van der Waals surface area contributed by atoms with E-state index in [0.29, 0.717) is 5.56 Å². The average molecular weight is 559 g/mol. The van der Waals surface area contributed by atoms with Gasteiger partial charge in [-0.2, -0.15) is 28.3 Å². The van der Waals surface area contributed by atoms with E-state index in [1.54, 1.807) is 0 Å². The van der Waals surface area contributed by atoms with Crippen molar-refractivity contribution in [1.82, 2.24) is 30.0 Å². The van der Waals surface area contributed by atoms with Crippen LogP contribution in [0.25, 0.3) is 11.4 Å². The number of nitrogens with one attached hydrogen (secondary N) is 1. The first-order valence-electron chi connectivity index (χ1n) is 11.3. The van der Waals surface area contributed by atoms with Gasteiger partial charge in [0.1, 0.15) is 18.8 Å². The number of aromatic nitrogens is 6. The minimum absolute atomic E-state index is 0.00183. The number of hydrogen-bond donors (Lipinski definition) is 2. The summed E-state index contributed by atoms with van der Waals surface area (Å²) in [6, 6.07) is 9.77. The Bertz CT molecular complexity index is 1620. The standard InChI is InChI=1S/C24H18F5N9O2/c1-12-6-13(9-30)7-17(21(31)39)20(12)32-23(40)18-8-16(34-37(18)11-19(25)26)10-38-35-22(33-36-38)14-2-4-15(5-3-14)24(27,28)29/h2-8,19H,10-11H2,1H3,(H2,31,39)(H,32,40). The summed E-state index contributed by atoms with van der Waals surface area (Å²) in [6.45, 7) is 0.376. The van der Waals surface area contributed by atoms with E-state index in [1.165, 1.54) is 37.3 Å². The summed E-state index contributed by atoms with van der Waals surface area (Å²) in [5, 5.41) is 27.3. The molecule has 16 heteroatoms. The monoisotopic (exact) mass is 559 g/mol. The van der Waals surface area contributed by atoms with Gasteiger partial charge in [0.2, 0.25) is 5.82 Å². The molecular formula is C24H18F5N9O2. The smallest absolute Gasteiger partial charge is 0.366 e. The molecule has 0 fully saturated rings. The molecule has 0 radical (unpaired) electrons. The third kappa shape index (κ3) is 6.09. The third-order valence-corrected chi connectivity index (χ3v) is 5.57. The number of aryl methyl sites for hydroxylation is 1. The first-order chi connectivity index (χ1) is 18.8. The normalized spacial score (nSPS) is 11.4. The van der Waals surface area contributed by atoms with Crippen molar-refractivity contribution >= 4 is 17.5 Å². The number of primary amides is 1. The molecule has 0 saturated carbocycles. The topological polar surface area (TPSA) is 157 Å². The van der Waals surface area contributed by atoms with Crippen LogP contribution in [0.2, 0.25) is 0 Å². The van der Waals surface area contributed by atoms with Crippen molar-refractivity contribution in [2.24, 2.45) is 5.73 Å². The molecule has 2 amide bonds. The number of tetrazole rings is 1. The Balaban J connectivity index is 1.59. The van der Waals surface area contributed by atoms with Crippen LogP contribution in [0.3, 0.4) is 0 Å². The van der Waals surface area contributed by atoms with Gasteiger partial charge in [0.05, 0.1) is 34.1 Å². The SMILES string of the molecule is Cc1cc(C#N)cc(C(N)=O)c1NC(=O)c1cc(Cn2nnc(-c3ccc(C(F)(F)F)cc3)n2)nn1CC(F)F. The minimum Gasteiger partial charge on any atom is -0.366 e. The number of benzene rings is 2. The van der Waals surface area contributed by atoms with E-state index in [9.17, 15) is 31.5 Å². The van der Waals surface area contributed by atoms with E-state index in [2.05, 4.69) is 25.8 Å². The highest BCUT2D eigenvalue weighted by Gasteiger charge is 2.30. The maximum Gasteiger partial charge on any atom is 0.416 e. The highest BCUT2D eigenvalue weighted by molar-refractivity contribution is 6.09. The van der Waals surface area contributed by atoms with E-state index < -0.39 is 36.5 Å². The minimum atomic E-state index is -4.51. The lowest BCUT2D eigenvalue weighted by Gasteiger charge is -2.13. The molecule has 0 aliphatic rings. The fourth-order valence-electron chi connectivity index (χ4n) is 3.77. The molecule has 2 aromatic carbocycles. The van der Waals surface area contributed by atoms with Crippen molar-refractivity contribution < 1.29 is 31.5 Å². The lowest BCUT2D eigenvalue weighted by molar-refractivity contribution is -0.137. The molecule has 2 heterocycles. The van der Waals surface area contributed by atoms with Crippen LogP contribution in [0, 0.1) is 18.3 Å². The molecule has 40 heavy (non-hydrogen) atoms. The second-order valence-electron chi connectivity index (χ2n) is 8.46. The Morgan fingerprint density at radius 3 is 2.42 bits per heavy atom. The first-order valence-corrected chi connectivity index (χ1v) is 11.3. The summed E-state index contributed by atoms with van der Waals surface area (Å²) < 4.78 is 65.7. The Morgan fingerprint density at radius 2 is 1.82 bits per heavy atom. The van der Waals surface area contributed by atoms with Crippen LogP contribution >= 0.6 is 0 Å². The zero-order valence-electron chi connectivity index (χ0n) is 20.4. The lowest BCUT2D eigenvalue weighted by Crippen LogP contribution is -2.23. The maximum absolute atomic E-state index is 13.2. The number of halogens is 5. The molecule has 3 N–H and O–H groups in total. The highest BCUT2D eigenvalue weighted by atomic mass is 19.4. The zero-order valence-corrected chi connectivity index (χ0v) is 20.4. The van der Waals surface area contributed by atoms with Crippen molar-refractivity contribution in [1.29, 1.82) is 5.26 Å². The van der Waals surface area contributed by atoms with Gasteiger partial charge < -0.3 is 11.1 Å². The number of nitriles is 1. The molecule has 11 nitrogen and oxygen atoms in total. The molecule has 0 unspecified atom stereocenters. The fraction of sp³-hybridized carbons (Fsp3) is 0.208. The molecule has 0 atom stereocenters. The van der Waals surface area contributed by atoms with Crippen LogP contribution in [-0.4, -0.2) is 48.2 Å². The van der Waals surface area contributed by atoms with E-state index in [-0.39, 0.29) is 46.1 Å². The third-order valence-electron chi connectivity index (χ3n) is 5.57. The van der Waals surface area contributed by atoms with Crippen LogP contribution in [0.5, 0.6) is 0 Å². The van der Waals surface area contributed by atoms with Crippen molar-refractivity contribution in [2.75, 3.05) is 5.32 Å². The number of rotatable bonds is 8. The van der Waals surface area contributed by atoms with Gasteiger partial charge in [-0.1, -0.05) is 12.1 Å². The number of anilines is 1. The molecule has 2 aromatic heterocycles. The first kappa shape index (κ1) is 27.8. The van der Waals surface area contributed by atoms with E-state index in [4.69, 9.17) is 11.0 Å². The van der Waals surface area contributed by atoms with Gasteiger partial charge >= 0.3 is 6.18 Å². The lowest BCUT2D eigenvalue weighted by atomic mass is 10.0. The Kier molecular flexibility index (Phi) is 7.57. The number of nitrogens with zero attached hydrogens (tertiary/aromatic N) is 7. The van der Waals surface area contributed by atoms with Crippen LogP contribution in [-0.2, 0) is 19.3 Å². The van der Waals surface area contributed by atoms with Crippen LogP contribution < -0.4 is 11.1 Å². The second-order valence-corrected chi connectivity index (χ2v) is 8.46. The maximum atomic E-state index is 13.2. The second kappa shape index (κ2) is 10.9. The molecule has 0 spiro atoms. The van der Waals surface area contributed by atoms with Crippen molar-refractivity contribution in [3.05, 3.63) is 76.1 Å². The number of amides is 2. The Morgan fingerprint density at radius 1 is 1.12 bits per heavy atom. The molecule has 4 rings (SSSR count). The van der Waals surface area contributed by atoms with Gasteiger partial charge in [0.25, 0.3) is 18.2 Å². The van der Waals surface area contributed by atoms with Crippen molar-refractivity contribution in [2.45, 2.75) is 32.6 Å². The molecular weight excluding hydrogens is 541 g/mol. The van der Waals surface area contributed by atoms with E-state index in [0.717, 1.165) is 21.6 Å². The van der Waals surface area contributed by atoms with Crippen LogP contribution in [0.15, 0.2) is 42.5 Å².